The van der Waals surface area contributed by atoms with Crippen LogP contribution in [0.1, 0.15) is 50.9 Å². The Kier molecular flexibility index (Phi) is 2.81. The van der Waals surface area contributed by atoms with Gasteiger partial charge in [0, 0.05) is 19.2 Å². The molecule has 17 heavy (non-hydrogen) atoms. The minimum absolute atomic E-state index is 0.0405. The summed E-state index contributed by atoms with van der Waals surface area (Å²) in [7, 11) is 1.70. The van der Waals surface area contributed by atoms with E-state index in [1.165, 1.54) is 10.2 Å². The Hall–Kier alpha value is -1.58. The highest BCUT2D eigenvalue weighted by molar-refractivity contribution is 5.50. The molecule has 0 aliphatic rings. The lowest BCUT2D eigenvalue weighted by molar-refractivity contribution is 0.617. The molecule has 0 bridgehead atoms. The fourth-order valence-corrected chi connectivity index (χ4v) is 1.96. The second-order valence-corrected chi connectivity index (χ2v) is 5.13. The lowest BCUT2D eigenvalue weighted by Gasteiger charge is -2.09. The van der Waals surface area contributed by atoms with Crippen molar-refractivity contribution in [1.29, 1.82) is 0 Å². The van der Waals surface area contributed by atoms with Gasteiger partial charge in [-0.25, -0.2) is 4.68 Å². The van der Waals surface area contributed by atoms with Crippen LogP contribution in [0.4, 0.5) is 0 Å². The maximum absolute atomic E-state index is 12.0. The Morgan fingerprint density at radius 1 is 1.18 bits per heavy atom. The summed E-state index contributed by atoms with van der Waals surface area (Å²) >= 11 is 0. The average molecular weight is 233 g/mol. The van der Waals surface area contributed by atoms with Crippen LogP contribution >= 0.6 is 0 Å². The summed E-state index contributed by atoms with van der Waals surface area (Å²) in [6, 6.07) is 1.97. The third-order valence-corrected chi connectivity index (χ3v) is 3.04. The second-order valence-electron chi connectivity index (χ2n) is 5.13. The monoisotopic (exact) mass is 233 g/mol. The van der Waals surface area contributed by atoms with Gasteiger partial charge in [-0.15, -0.1) is 0 Å². The fourth-order valence-electron chi connectivity index (χ4n) is 1.96. The fraction of sp³-hybridized carbons (Fsp3) is 0.538. The molecule has 0 atom stereocenters. The lowest BCUT2D eigenvalue weighted by Crippen LogP contribution is -2.24. The van der Waals surface area contributed by atoms with Crippen molar-refractivity contribution in [2.75, 3.05) is 0 Å². The molecular weight excluding hydrogens is 214 g/mol. The maximum atomic E-state index is 12.0. The van der Waals surface area contributed by atoms with Crippen LogP contribution < -0.4 is 5.56 Å². The molecular formula is C13H19N3O. The Balaban J connectivity index is 2.85. The standard InChI is InChI=1S/C13H19N3O/c1-8(2)10-6-11-13(17)15(5)14-12(9(3)4)16(11)7-10/h6-9H,1-5H3. The Morgan fingerprint density at radius 3 is 2.35 bits per heavy atom. The van der Waals surface area contributed by atoms with Crippen LogP contribution in [0.5, 0.6) is 0 Å². The highest BCUT2D eigenvalue weighted by Gasteiger charge is 2.14. The zero-order valence-corrected chi connectivity index (χ0v) is 11.1. The van der Waals surface area contributed by atoms with Crippen molar-refractivity contribution in [1.82, 2.24) is 14.2 Å². The highest BCUT2D eigenvalue weighted by Crippen LogP contribution is 2.19. The molecule has 2 heterocycles. The minimum Gasteiger partial charge on any atom is -0.298 e. The molecule has 0 aliphatic heterocycles. The van der Waals surface area contributed by atoms with E-state index in [9.17, 15) is 4.79 Å². The van der Waals surface area contributed by atoms with Gasteiger partial charge in [0.1, 0.15) is 11.3 Å². The van der Waals surface area contributed by atoms with Gasteiger partial charge in [0.05, 0.1) is 0 Å². The number of hydrogen-bond donors (Lipinski definition) is 0. The lowest BCUT2D eigenvalue weighted by atomic mass is 10.1. The molecule has 0 unspecified atom stereocenters. The van der Waals surface area contributed by atoms with Gasteiger partial charge in [0.25, 0.3) is 5.56 Å². The van der Waals surface area contributed by atoms with Gasteiger partial charge in [0.15, 0.2) is 0 Å². The SMILES string of the molecule is CC(C)c1cc2c(=O)n(C)nc(C(C)C)n2c1. The second kappa shape index (κ2) is 4.02. The zero-order valence-electron chi connectivity index (χ0n) is 11.1. The van der Waals surface area contributed by atoms with Crippen LogP contribution in [0.15, 0.2) is 17.1 Å². The third kappa shape index (κ3) is 1.88. The van der Waals surface area contributed by atoms with Crippen molar-refractivity contribution in [2.24, 2.45) is 7.05 Å². The molecule has 4 nitrogen and oxygen atoms in total. The Labute approximate surface area is 101 Å². The molecule has 0 fully saturated rings. The van der Waals surface area contributed by atoms with E-state index >= 15 is 0 Å². The van der Waals surface area contributed by atoms with Crippen molar-refractivity contribution >= 4 is 5.52 Å². The number of rotatable bonds is 2. The summed E-state index contributed by atoms with van der Waals surface area (Å²) in [6.07, 6.45) is 2.03. The van der Waals surface area contributed by atoms with Crippen molar-refractivity contribution in [2.45, 2.75) is 39.5 Å². The van der Waals surface area contributed by atoms with Crippen LogP contribution in [-0.4, -0.2) is 14.2 Å². The smallest absolute Gasteiger partial charge is 0.290 e. The maximum Gasteiger partial charge on any atom is 0.290 e. The molecule has 0 radical (unpaired) electrons. The normalized spacial score (nSPS) is 11.9. The third-order valence-electron chi connectivity index (χ3n) is 3.04. The van der Waals surface area contributed by atoms with E-state index in [1.54, 1.807) is 7.05 Å². The Bertz CT molecular complexity index is 605. The van der Waals surface area contributed by atoms with Crippen LogP contribution in [-0.2, 0) is 7.05 Å². The number of fused-ring (bicyclic) bond motifs is 1. The first-order chi connectivity index (χ1) is 7.91. The molecule has 2 aromatic heterocycles. The van der Waals surface area contributed by atoms with Crippen molar-refractivity contribution < 1.29 is 0 Å². The van der Waals surface area contributed by atoms with Gasteiger partial charge in [0.2, 0.25) is 0 Å². The molecule has 0 saturated carbocycles. The first kappa shape index (κ1) is 11.9. The molecule has 4 heteroatoms. The van der Waals surface area contributed by atoms with Gasteiger partial charge in [-0.3, -0.25) is 9.20 Å². The van der Waals surface area contributed by atoms with Gasteiger partial charge in [-0.05, 0) is 17.5 Å². The molecule has 0 aliphatic carbocycles. The van der Waals surface area contributed by atoms with Crippen molar-refractivity contribution in [3.8, 4) is 0 Å². The van der Waals surface area contributed by atoms with E-state index in [1.807, 2.05) is 16.7 Å². The summed E-state index contributed by atoms with van der Waals surface area (Å²) < 4.78 is 3.36. The van der Waals surface area contributed by atoms with Gasteiger partial charge in [-0.2, -0.15) is 5.10 Å². The molecule has 92 valence electrons. The summed E-state index contributed by atoms with van der Waals surface area (Å²) in [5.41, 5.74) is 1.85. The van der Waals surface area contributed by atoms with E-state index in [4.69, 9.17) is 0 Å². The first-order valence-electron chi connectivity index (χ1n) is 6.01. The van der Waals surface area contributed by atoms with Gasteiger partial charge >= 0.3 is 0 Å². The van der Waals surface area contributed by atoms with Crippen LogP contribution in [0.25, 0.3) is 5.52 Å². The average Bonchev–Trinajstić information content (AvgIpc) is 2.67. The minimum atomic E-state index is -0.0405. The van der Waals surface area contributed by atoms with E-state index in [2.05, 4.69) is 32.8 Å². The van der Waals surface area contributed by atoms with E-state index in [-0.39, 0.29) is 11.5 Å². The van der Waals surface area contributed by atoms with Crippen LogP contribution in [0, 0.1) is 0 Å². The van der Waals surface area contributed by atoms with Crippen molar-refractivity contribution in [3.05, 3.63) is 34.0 Å². The molecule has 0 spiro atoms. The number of hydrogen-bond acceptors (Lipinski definition) is 2. The molecule has 0 saturated heterocycles. The summed E-state index contributed by atoms with van der Waals surface area (Å²) in [4.78, 5) is 12.0. The molecule has 2 aromatic rings. The zero-order chi connectivity index (χ0) is 12.7. The molecule has 0 aromatic carbocycles. The van der Waals surface area contributed by atoms with E-state index in [0.29, 0.717) is 5.92 Å². The number of aromatic nitrogens is 3. The topological polar surface area (TPSA) is 39.3 Å². The Morgan fingerprint density at radius 2 is 1.82 bits per heavy atom. The molecule has 0 N–H and O–H groups in total. The largest absolute Gasteiger partial charge is 0.298 e. The molecule has 2 rings (SSSR count). The number of aryl methyl sites for hydroxylation is 1. The summed E-state index contributed by atoms with van der Waals surface area (Å²) in [5, 5.41) is 4.34. The number of nitrogens with zero attached hydrogens (tertiary/aromatic N) is 3. The summed E-state index contributed by atoms with van der Waals surface area (Å²) in [5.74, 6) is 1.63. The predicted octanol–water partition coefficient (Wildman–Crippen LogP) is 2.28. The van der Waals surface area contributed by atoms with E-state index < -0.39 is 0 Å². The highest BCUT2D eigenvalue weighted by atomic mass is 16.1. The van der Waals surface area contributed by atoms with Crippen LogP contribution in [0.3, 0.4) is 0 Å². The van der Waals surface area contributed by atoms with Gasteiger partial charge in [-0.1, -0.05) is 27.7 Å². The van der Waals surface area contributed by atoms with Crippen molar-refractivity contribution in [3.63, 3.8) is 0 Å². The van der Waals surface area contributed by atoms with E-state index in [0.717, 1.165) is 11.3 Å². The van der Waals surface area contributed by atoms with Gasteiger partial charge < -0.3 is 0 Å². The summed E-state index contributed by atoms with van der Waals surface area (Å²) in [6.45, 7) is 8.42. The predicted molar refractivity (Wildman–Crippen MR) is 68.6 cm³/mol. The molecule has 0 amide bonds. The first-order valence-corrected chi connectivity index (χ1v) is 6.01. The van der Waals surface area contributed by atoms with Crippen LogP contribution in [0.2, 0.25) is 0 Å². The quantitative estimate of drug-likeness (QED) is 0.798.